The van der Waals surface area contributed by atoms with E-state index in [1.54, 1.807) is 0 Å². The van der Waals surface area contributed by atoms with E-state index in [0.717, 1.165) is 51.4 Å². The molecule has 0 bridgehead atoms. The van der Waals surface area contributed by atoms with Gasteiger partial charge in [0, 0.05) is 6.42 Å². The summed E-state index contributed by atoms with van der Waals surface area (Å²) in [5.74, 6) is -0.689. The van der Waals surface area contributed by atoms with Gasteiger partial charge in [-0.3, -0.25) is 4.79 Å². The average Bonchev–Trinajstić information content (AvgIpc) is 2.67. The molecule has 4 N–H and O–H groups in total. The van der Waals surface area contributed by atoms with E-state index in [1.807, 2.05) is 0 Å². The van der Waals surface area contributed by atoms with Gasteiger partial charge in [-0.1, -0.05) is 64.0 Å². The summed E-state index contributed by atoms with van der Waals surface area (Å²) in [7, 11) is 0. The minimum atomic E-state index is -0.689. The second kappa shape index (κ2) is 30.2. The molecule has 170 valence electrons. The van der Waals surface area contributed by atoms with Gasteiger partial charge in [-0.25, -0.2) is 0 Å². The first-order valence-electron chi connectivity index (χ1n) is 10.9. The Morgan fingerprint density at radius 3 is 2.07 bits per heavy atom. The van der Waals surface area contributed by atoms with E-state index in [-0.39, 0.29) is 48.9 Å². The van der Waals surface area contributed by atoms with Gasteiger partial charge in [0.05, 0.1) is 32.5 Å². The number of carboxylic acid groups (broad SMARTS) is 1. The summed E-state index contributed by atoms with van der Waals surface area (Å²) in [4.78, 5) is 10.3. The molecule has 0 saturated carbocycles. The first-order chi connectivity index (χ1) is 13.6. The van der Waals surface area contributed by atoms with Crippen LogP contribution in [0.3, 0.4) is 0 Å². The van der Waals surface area contributed by atoms with Gasteiger partial charge in [-0.05, 0) is 32.1 Å². The van der Waals surface area contributed by atoms with Crippen LogP contribution in [0.25, 0.3) is 0 Å². The van der Waals surface area contributed by atoms with E-state index < -0.39 is 5.97 Å². The van der Waals surface area contributed by atoms with E-state index in [2.05, 4.69) is 23.8 Å². The van der Waals surface area contributed by atoms with Crippen molar-refractivity contribution in [3.8, 4) is 0 Å². The van der Waals surface area contributed by atoms with Crippen LogP contribution in [0.5, 0.6) is 0 Å². The predicted octanol–water partition coefficient (Wildman–Crippen LogP) is 3.42. The van der Waals surface area contributed by atoms with Gasteiger partial charge >= 0.3 is 35.5 Å². The Bertz CT molecular complexity index is 335. The quantitative estimate of drug-likeness (QED) is 0.143. The monoisotopic (exact) mass is 428 g/mol. The van der Waals surface area contributed by atoms with Crippen LogP contribution in [0.2, 0.25) is 0 Å². The van der Waals surface area contributed by atoms with Gasteiger partial charge in [0.2, 0.25) is 0 Å². The van der Waals surface area contributed by atoms with Crippen LogP contribution in [0.1, 0.15) is 90.4 Å². The van der Waals surface area contributed by atoms with Crippen molar-refractivity contribution in [2.24, 2.45) is 0 Å². The van der Waals surface area contributed by atoms with Crippen molar-refractivity contribution in [2.75, 3.05) is 26.4 Å². The Morgan fingerprint density at radius 1 is 0.897 bits per heavy atom. The molecule has 0 rings (SSSR count). The third-order valence-corrected chi connectivity index (χ3v) is 4.20. The zero-order chi connectivity index (χ0) is 21.3. The number of rotatable bonds is 19. The number of allylic oxidation sites excluding steroid dienone is 1. The van der Waals surface area contributed by atoms with Crippen LogP contribution in [0.15, 0.2) is 12.2 Å². The first kappa shape index (κ1) is 33.7. The Morgan fingerprint density at radius 2 is 1.48 bits per heavy atom. The standard InChI is InChI=1S/C18H34O3.C4H10O3.Na.H/c1-2-3-4-11-14-17(19)15-12-9-7-5-6-8-10-13-16-18(20)21;5-1-3-7-4-2-6;;/h9,12,17,19H,2-8,10-11,13-16H2,1H3,(H,20,21);5-6H,1-4H2;;/b12-9-;;;/t17-;;;/m1.../s1. The second-order valence-corrected chi connectivity index (χ2v) is 6.97. The van der Waals surface area contributed by atoms with Crippen molar-refractivity contribution >= 4 is 35.5 Å². The van der Waals surface area contributed by atoms with Crippen molar-refractivity contribution in [3.63, 3.8) is 0 Å². The van der Waals surface area contributed by atoms with Crippen LogP contribution in [-0.2, 0) is 9.53 Å². The van der Waals surface area contributed by atoms with Gasteiger partial charge in [0.15, 0.2) is 0 Å². The van der Waals surface area contributed by atoms with E-state index in [1.165, 1.54) is 25.7 Å². The van der Waals surface area contributed by atoms with Gasteiger partial charge in [0.1, 0.15) is 0 Å². The number of carboxylic acids is 1. The summed E-state index contributed by atoms with van der Waals surface area (Å²) in [5.41, 5.74) is 0. The number of hydrogen-bond acceptors (Lipinski definition) is 5. The summed E-state index contributed by atoms with van der Waals surface area (Å²) in [5, 5.41) is 34.5. The summed E-state index contributed by atoms with van der Waals surface area (Å²) in [6.07, 6.45) is 17.4. The summed E-state index contributed by atoms with van der Waals surface area (Å²) >= 11 is 0. The van der Waals surface area contributed by atoms with Gasteiger partial charge < -0.3 is 25.2 Å². The van der Waals surface area contributed by atoms with Gasteiger partial charge in [-0.15, -0.1) is 0 Å². The van der Waals surface area contributed by atoms with E-state index in [4.69, 9.17) is 15.3 Å². The van der Waals surface area contributed by atoms with E-state index in [9.17, 15) is 9.90 Å². The van der Waals surface area contributed by atoms with Gasteiger partial charge in [0.25, 0.3) is 0 Å². The molecule has 0 aromatic heterocycles. The molecule has 7 heteroatoms. The first-order valence-corrected chi connectivity index (χ1v) is 10.9. The molecule has 1 atom stereocenters. The Kier molecular flexibility index (Phi) is 35.1. The summed E-state index contributed by atoms with van der Waals surface area (Å²) < 4.78 is 4.63. The third kappa shape index (κ3) is 35.8. The van der Waals surface area contributed by atoms with Gasteiger partial charge in [-0.2, -0.15) is 0 Å². The number of ether oxygens (including phenoxy) is 1. The molecule has 0 aliphatic carbocycles. The van der Waals surface area contributed by atoms with E-state index >= 15 is 0 Å². The third-order valence-electron chi connectivity index (χ3n) is 4.20. The fraction of sp³-hybridized carbons (Fsp3) is 0.864. The number of unbranched alkanes of at least 4 members (excludes halogenated alkanes) is 8. The minimum absolute atomic E-state index is 0. The van der Waals surface area contributed by atoms with E-state index in [0.29, 0.717) is 19.6 Å². The van der Waals surface area contributed by atoms with Crippen LogP contribution >= 0.6 is 0 Å². The number of aliphatic carboxylic acids is 1. The van der Waals surface area contributed by atoms with Crippen molar-refractivity contribution in [1.29, 1.82) is 0 Å². The topological polar surface area (TPSA) is 107 Å². The second-order valence-electron chi connectivity index (χ2n) is 6.97. The zero-order valence-electron chi connectivity index (χ0n) is 17.9. The predicted molar refractivity (Wildman–Crippen MR) is 121 cm³/mol. The Hall–Kier alpha value is 0.0500. The van der Waals surface area contributed by atoms with Crippen LogP contribution in [0.4, 0.5) is 0 Å². The fourth-order valence-electron chi connectivity index (χ4n) is 2.60. The number of aliphatic hydroxyl groups excluding tert-OH is 3. The molecule has 0 aliphatic rings. The normalized spacial score (nSPS) is 11.6. The molecule has 0 saturated heterocycles. The molecular weight excluding hydrogens is 383 g/mol. The summed E-state index contributed by atoms with van der Waals surface area (Å²) in [6.45, 7) is 2.90. The SMILES string of the molecule is CCCCCC[C@@H](O)C/C=C\CCCCCCCC(=O)O.OCCOCCO.[NaH]. The number of carbonyl (C=O) groups is 1. The molecule has 0 amide bonds. The molecule has 0 radical (unpaired) electrons. The molecule has 0 fully saturated rings. The van der Waals surface area contributed by atoms with Crippen molar-refractivity contribution in [3.05, 3.63) is 12.2 Å². The maximum absolute atomic E-state index is 10.3. The number of hydrogen-bond donors (Lipinski definition) is 4. The van der Waals surface area contributed by atoms with Crippen LogP contribution in [0, 0.1) is 0 Å². The molecule has 6 nitrogen and oxygen atoms in total. The van der Waals surface area contributed by atoms with Crippen molar-refractivity contribution in [1.82, 2.24) is 0 Å². The molecule has 0 heterocycles. The van der Waals surface area contributed by atoms with Crippen molar-refractivity contribution in [2.45, 2.75) is 96.5 Å². The fourth-order valence-corrected chi connectivity index (χ4v) is 2.60. The molecule has 0 spiro atoms. The van der Waals surface area contributed by atoms with Crippen LogP contribution < -0.4 is 0 Å². The Labute approximate surface area is 200 Å². The van der Waals surface area contributed by atoms with Crippen LogP contribution in [-0.4, -0.2) is 88.5 Å². The molecular formula is C22H45NaO6. The Balaban J connectivity index is -0.000000721. The molecule has 0 aromatic rings. The summed E-state index contributed by atoms with van der Waals surface area (Å²) in [6, 6.07) is 0. The molecule has 29 heavy (non-hydrogen) atoms. The van der Waals surface area contributed by atoms with Crippen molar-refractivity contribution < 1.29 is 30.0 Å². The molecule has 0 aliphatic heterocycles. The molecule has 0 aromatic carbocycles. The zero-order valence-corrected chi connectivity index (χ0v) is 17.9. The maximum atomic E-state index is 10.3. The molecule has 0 unspecified atom stereocenters. The number of aliphatic hydroxyl groups is 3. The average molecular weight is 429 g/mol.